The van der Waals surface area contributed by atoms with Crippen molar-refractivity contribution in [3.8, 4) is 0 Å². The van der Waals surface area contributed by atoms with Crippen molar-refractivity contribution < 1.29 is 67.7 Å². The summed E-state index contributed by atoms with van der Waals surface area (Å²) in [5.74, 6) is -12.3. The molecule has 0 aliphatic carbocycles. The van der Waals surface area contributed by atoms with E-state index in [-0.39, 0.29) is 6.54 Å². The Morgan fingerprint density at radius 1 is 0.604 bits per heavy atom. The number of carboxylic acid groups (broad SMARTS) is 3. The number of carbonyl (C=O) groups is 10. The lowest BCUT2D eigenvalue weighted by Gasteiger charge is -2.28. The number of hydrogen-bond acceptors (Lipinski definition) is 10. The molecule has 0 unspecified atom stereocenters. The molecule has 0 heterocycles. The van der Waals surface area contributed by atoms with Crippen LogP contribution in [0.1, 0.15) is 59.3 Å². The first-order valence-corrected chi connectivity index (χ1v) is 14.6. The zero-order valence-corrected chi connectivity index (χ0v) is 26.5. The van der Waals surface area contributed by atoms with Gasteiger partial charge in [-0.05, 0) is 19.3 Å². The largest absolute Gasteiger partial charge is 0.481 e. The van der Waals surface area contributed by atoms with Gasteiger partial charge in [0.05, 0.1) is 12.8 Å². The van der Waals surface area contributed by atoms with Gasteiger partial charge >= 0.3 is 17.9 Å². The van der Waals surface area contributed by atoms with E-state index in [1.165, 1.54) is 20.8 Å². The van der Waals surface area contributed by atoms with Crippen LogP contribution in [0.5, 0.6) is 0 Å². The number of hydrogen-bond donors (Lipinski definition) is 10. The second-order valence-corrected chi connectivity index (χ2v) is 10.8. The quantitative estimate of drug-likeness (QED) is 0.0493. The van der Waals surface area contributed by atoms with E-state index in [9.17, 15) is 62.5 Å². The van der Waals surface area contributed by atoms with Crippen molar-refractivity contribution in [1.82, 2.24) is 31.9 Å². The van der Waals surface area contributed by atoms with E-state index < -0.39 is 141 Å². The third-order valence-corrected chi connectivity index (χ3v) is 6.35. The highest BCUT2D eigenvalue weighted by atomic mass is 18.2. The Morgan fingerprint density at radius 2 is 1.08 bits per heavy atom. The van der Waals surface area contributed by atoms with Crippen LogP contribution < -0.4 is 37.6 Å². The van der Waals surface area contributed by atoms with E-state index in [1.807, 2.05) is 0 Å². The Kier molecular flexibility index (Phi) is 19.0. The topological polar surface area (TPSA) is 330 Å². The van der Waals surface area contributed by atoms with Gasteiger partial charge in [0.15, 0.2) is 0 Å². The van der Waals surface area contributed by atoms with Crippen molar-refractivity contribution >= 4 is 59.3 Å². The number of carbonyl (C=O) groups excluding carboxylic acids is 7. The van der Waals surface area contributed by atoms with Gasteiger partial charge in [0.2, 0.25) is 41.4 Å². The number of primary amides is 1. The molecular formula is C27H42FN7O13. The maximum atomic E-state index is 13.3. The van der Waals surface area contributed by atoms with Crippen molar-refractivity contribution in [2.75, 3.05) is 13.2 Å². The molecule has 0 saturated carbocycles. The molecule has 5 atom stereocenters. The number of aliphatic carboxylic acids is 3. The minimum atomic E-state index is -1.80. The number of nitrogens with one attached hydrogen (secondary N) is 6. The van der Waals surface area contributed by atoms with Crippen LogP contribution in [0.3, 0.4) is 0 Å². The predicted molar refractivity (Wildman–Crippen MR) is 159 cm³/mol. The van der Waals surface area contributed by atoms with Gasteiger partial charge in [0.25, 0.3) is 0 Å². The number of alkyl halides is 1. The molecule has 0 bridgehead atoms. The second-order valence-electron chi connectivity index (χ2n) is 10.8. The summed E-state index contributed by atoms with van der Waals surface area (Å²) in [6.07, 6.45) is -4.13. The molecule has 0 aromatic carbocycles. The van der Waals surface area contributed by atoms with Crippen LogP contribution in [0.2, 0.25) is 0 Å². The van der Waals surface area contributed by atoms with E-state index in [0.717, 1.165) is 0 Å². The lowest BCUT2D eigenvalue weighted by Crippen LogP contribution is -2.60. The van der Waals surface area contributed by atoms with Crippen LogP contribution in [0.25, 0.3) is 0 Å². The third-order valence-electron chi connectivity index (χ3n) is 6.35. The number of rotatable bonds is 23. The van der Waals surface area contributed by atoms with Gasteiger partial charge in [0, 0.05) is 25.8 Å². The molecule has 48 heavy (non-hydrogen) atoms. The minimum absolute atomic E-state index is 0.294. The van der Waals surface area contributed by atoms with Crippen LogP contribution in [0.4, 0.5) is 4.39 Å². The van der Waals surface area contributed by atoms with Gasteiger partial charge < -0.3 is 53.0 Å². The molecule has 270 valence electrons. The van der Waals surface area contributed by atoms with E-state index in [4.69, 9.17) is 10.8 Å². The van der Waals surface area contributed by atoms with Crippen molar-refractivity contribution in [3.05, 3.63) is 0 Å². The van der Waals surface area contributed by atoms with Gasteiger partial charge in [0.1, 0.15) is 36.9 Å². The predicted octanol–water partition coefficient (Wildman–Crippen LogP) is -3.75. The molecule has 0 aliphatic rings. The molecule has 0 aromatic heterocycles. The first kappa shape index (κ1) is 42.6. The van der Waals surface area contributed by atoms with Crippen molar-refractivity contribution in [1.29, 1.82) is 0 Å². The fourth-order valence-electron chi connectivity index (χ4n) is 3.78. The third kappa shape index (κ3) is 17.4. The molecule has 21 heteroatoms. The molecule has 20 nitrogen and oxygen atoms in total. The molecular weight excluding hydrogens is 648 g/mol. The van der Waals surface area contributed by atoms with E-state index >= 15 is 0 Å². The van der Waals surface area contributed by atoms with Crippen molar-refractivity contribution in [2.45, 2.75) is 89.5 Å². The highest BCUT2D eigenvalue weighted by Gasteiger charge is 2.34. The lowest BCUT2D eigenvalue weighted by atomic mass is 10.0. The number of nitrogens with two attached hydrogens (primary N) is 1. The standard InChI is InChI=1S/C27H42FN7O13/c1-12(2)22(27(48)34-16(11-21(42)43)25(46)31-13(3)23(29)44)35-24(45)14(4-7-19(38)39)33-26(47)15(10-20(40)41)32-18(37)6-5-17(36)30-9-8-28/h12-16,22H,4-11H2,1-3H3,(H2,29,44)(H,30,36)(H,31,46)(H,32,37)(H,33,47)(H,34,48)(H,35,45)(H,38,39)(H,40,41)(H,42,43)/t13-,14+,15+,16+,22+/m1/s1/i28-1. The normalized spacial score (nSPS) is 13.8. The monoisotopic (exact) mass is 690 g/mol. The first-order valence-electron chi connectivity index (χ1n) is 14.6. The van der Waals surface area contributed by atoms with Crippen LogP contribution >= 0.6 is 0 Å². The summed E-state index contributed by atoms with van der Waals surface area (Å²) >= 11 is 0. The average Bonchev–Trinajstić information content (AvgIpc) is 2.97. The maximum Gasteiger partial charge on any atom is 0.305 e. The Labute approximate surface area is 273 Å². The summed E-state index contributed by atoms with van der Waals surface area (Å²) in [5, 5.41) is 40.6. The van der Waals surface area contributed by atoms with E-state index in [2.05, 4.69) is 31.9 Å². The van der Waals surface area contributed by atoms with E-state index in [0.29, 0.717) is 0 Å². The lowest BCUT2D eigenvalue weighted by molar-refractivity contribution is -0.142. The smallest absolute Gasteiger partial charge is 0.305 e. The molecule has 0 radical (unpaired) electrons. The summed E-state index contributed by atoms with van der Waals surface area (Å²) < 4.78 is 12.2. The number of carboxylic acids is 3. The minimum Gasteiger partial charge on any atom is -0.481 e. The molecule has 0 saturated heterocycles. The Morgan fingerprint density at radius 3 is 1.56 bits per heavy atom. The van der Waals surface area contributed by atoms with Gasteiger partial charge in [-0.25, -0.2) is 4.39 Å². The zero-order valence-electron chi connectivity index (χ0n) is 26.5. The van der Waals surface area contributed by atoms with E-state index in [1.54, 1.807) is 0 Å². The number of amides is 7. The molecule has 7 amide bonds. The number of halogens is 1. The SMILES string of the molecule is CC(C)[C@H](NC(=O)[C@H](CCC(=O)O)NC(=O)[C@H](CC(=O)O)NC(=O)CCC(=O)NCC[18F])C(=O)N[C@@H](CC(=O)O)C(=O)N[C@H](C)C(N)=O. The second kappa shape index (κ2) is 21.4. The van der Waals surface area contributed by atoms with Gasteiger partial charge in [-0.3, -0.25) is 47.9 Å². The van der Waals surface area contributed by atoms with Gasteiger partial charge in [-0.15, -0.1) is 0 Å². The molecule has 0 fully saturated rings. The summed E-state index contributed by atoms with van der Waals surface area (Å²) in [7, 11) is 0. The van der Waals surface area contributed by atoms with Crippen molar-refractivity contribution in [3.63, 3.8) is 0 Å². The summed E-state index contributed by atoms with van der Waals surface area (Å²) in [4.78, 5) is 121. The maximum absolute atomic E-state index is 13.3. The first-order chi connectivity index (χ1) is 22.3. The highest BCUT2D eigenvalue weighted by Crippen LogP contribution is 2.08. The summed E-state index contributed by atoms with van der Waals surface area (Å²) in [6, 6.07) is -7.97. The van der Waals surface area contributed by atoms with Crippen LogP contribution in [-0.4, -0.2) is 118 Å². The van der Waals surface area contributed by atoms with Gasteiger partial charge in [-0.2, -0.15) is 0 Å². The fraction of sp³-hybridized carbons (Fsp3) is 0.630. The Bertz CT molecular complexity index is 1230. The molecule has 0 aromatic rings. The Hall–Kier alpha value is -5.37. The van der Waals surface area contributed by atoms with Gasteiger partial charge in [-0.1, -0.05) is 13.8 Å². The van der Waals surface area contributed by atoms with Crippen LogP contribution in [-0.2, 0) is 47.9 Å². The highest BCUT2D eigenvalue weighted by molar-refractivity contribution is 5.98. The van der Waals surface area contributed by atoms with Crippen molar-refractivity contribution in [2.24, 2.45) is 11.7 Å². The molecule has 0 spiro atoms. The Balaban J connectivity index is 5.95. The molecule has 0 aliphatic heterocycles. The van der Waals surface area contributed by atoms with Crippen LogP contribution in [0, 0.1) is 5.92 Å². The van der Waals surface area contributed by atoms with Crippen LogP contribution in [0.15, 0.2) is 0 Å². The molecule has 0 rings (SSSR count). The average molecular weight is 691 g/mol. The fourth-order valence-corrected chi connectivity index (χ4v) is 3.78. The summed E-state index contributed by atoms with van der Waals surface area (Å²) in [6.45, 7) is 2.97. The zero-order chi connectivity index (χ0) is 37.1. The molecule has 11 N–H and O–H groups in total. The summed E-state index contributed by atoms with van der Waals surface area (Å²) in [5.41, 5.74) is 5.09.